The van der Waals surface area contributed by atoms with E-state index < -0.39 is 0 Å². The van der Waals surface area contributed by atoms with Gasteiger partial charge in [-0.25, -0.2) is 0 Å². The lowest BCUT2D eigenvalue weighted by atomic mass is 10.0. The van der Waals surface area contributed by atoms with Crippen LogP contribution in [-0.4, -0.2) is 0 Å². The molecule has 0 bridgehead atoms. The van der Waals surface area contributed by atoms with Crippen LogP contribution in [0.3, 0.4) is 0 Å². The van der Waals surface area contributed by atoms with Crippen LogP contribution in [0, 0.1) is 6.92 Å². The van der Waals surface area contributed by atoms with Crippen LogP contribution in [0.1, 0.15) is 22.9 Å². The van der Waals surface area contributed by atoms with Gasteiger partial charge in [0.15, 0.2) is 0 Å². The van der Waals surface area contributed by atoms with Crippen LogP contribution in [0.15, 0.2) is 46.9 Å². The molecule has 0 aliphatic heterocycles. The van der Waals surface area contributed by atoms with Gasteiger partial charge in [0.2, 0.25) is 0 Å². The lowest BCUT2D eigenvalue weighted by Crippen LogP contribution is -2.12. The first kappa shape index (κ1) is 14.5. The summed E-state index contributed by atoms with van der Waals surface area (Å²) >= 11 is 12.2. The van der Waals surface area contributed by atoms with Gasteiger partial charge in [0, 0.05) is 5.39 Å². The lowest BCUT2D eigenvalue weighted by molar-refractivity contribution is 0.494. The molecule has 0 radical (unpaired) electrons. The van der Waals surface area contributed by atoms with Crippen LogP contribution in [0.4, 0.5) is 0 Å². The van der Waals surface area contributed by atoms with E-state index in [1.807, 2.05) is 30.3 Å². The molecular formula is C17H15Cl2NO. The minimum Gasteiger partial charge on any atom is -0.459 e. The molecule has 2 N–H and O–H groups in total. The molecule has 0 saturated heterocycles. The summed E-state index contributed by atoms with van der Waals surface area (Å²) < 4.78 is 5.83. The van der Waals surface area contributed by atoms with E-state index in [1.54, 1.807) is 6.07 Å². The Morgan fingerprint density at radius 3 is 2.76 bits per heavy atom. The Bertz CT molecular complexity index is 795. The van der Waals surface area contributed by atoms with E-state index in [4.69, 9.17) is 33.4 Å². The number of fused-ring (bicyclic) bond motifs is 1. The van der Waals surface area contributed by atoms with Gasteiger partial charge in [-0.05, 0) is 43.2 Å². The summed E-state index contributed by atoms with van der Waals surface area (Å²) in [6.45, 7) is 2.05. The zero-order valence-corrected chi connectivity index (χ0v) is 13.1. The highest BCUT2D eigenvalue weighted by Gasteiger charge is 2.15. The molecule has 4 heteroatoms. The molecule has 0 spiro atoms. The van der Waals surface area contributed by atoms with Crippen molar-refractivity contribution in [1.29, 1.82) is 0 Å². The fourth-order valence-electron chi connectivity index (χ4n) is 2.41. The normalized spacial score (nSPS) is 12.8. The molecule has 2 aromatic carbocycles. The summed E-state index contributed by atoms with van der Waals surface area (Å²) in [5.74, 6) is 0.756. The molecule has 1 aromatic heterocycles. The number of rotatable bonds is 3. The van der Waals surface area contributed by atoms with Crippen LogP contribution in [-0.2, 0) is 6.42 Å². The van der Waals surface area contributed by atoms with Gasteiger partial charge in [-0.15, -0.1) is 0 Å². The van der Waals surface area contributed by atoms with Crippen molar-refractivity contribution >= 4 is 34.2 Å². The largest absolute Gasteiger partial charge is 0.459 e. The number of hydrogen-bond acceptors (Lipinski definition) is 2. The molecule has 0 saturated carbocycles. The summed E-state index contributed by atoms with van der Waals surface area (Å²) in [7, 11) is 0. The molecule has 3 rings (SSSR count). The number of benzene rings is 2. The monoisotopic (exact) mass is 319 g/mol. The summed E-state index contributed by atoms with van der Waals surface area (Å²) in [5.41, 5.74) is 9.22. The van der Waals surface area contributed by atoms with Gasteiger partial charge in [0.05, 0.1) is 16.1 Å². The van der Waals surface area contributed by atoms with Crippen molar-refractivity contribution < 1.29 is 4.42 Å². The maximum absolute atomic E-state index is 6.25. The Morgan fingerprint density at radius 2 is 1.95 bits per heavy atom. The summed E-state index contributed by atoms with van der Waals surface area (Å²) in [4.78, 5) is 0. The van der Waals surface area contributed by atoms with Crippen molar-refractivity contribution in [1.82, 2.24) is 0 Å². The van der Waals surface area contributed by atoms with Gasteiger partial charge in [0.1, 0.15) is 11.3 Å². The Kier molecular flexibility index (Phi) is 3.94. The van der Waals surface area contributed by atoms with Crippen molar-refractivity contribution in [3.8, 4) is 0 Å². The third-order valence-electron chi connectivity index (χ3n) is 3.53. The molecule has 1 atom stereocenters. The van der Waals surface area contributed by atoms with Crippen LogP contribution in [0.5, 0.6) is 0 Å². The highest BCUT2D eigenvalue weighted by Crippen LogP contribution is 2.30. The van der Waals surface area contributed by atoms with Crippen molar-refractivity contribution in [2.24, 2.45) is 5.73 Å². The number of furan rings is 1. The highest BCUT2D eigenvalue weighted by atomic mass is 35.5. The van der Waals surface area contributed by atoms with Gasteiger partial charge >= 0.3 is 0 Å². The molecule has 0 fully saturated rings. The minimum absolute atomic E-state index is 0.256. The molecule has 0 amide bonds. The quantitative estimate of drug-likeness (QED) is 0.712. The molecule has 21 heavy (non-hydrogen) atoms. The topological polar surface area (TPSA) is 39.2 Å². The van der Waals surface area contributed by atoms with E-state index in [1.165, 1.54) is 5.56 Å². The zero-order valence-electron chi connectivity index (χ0n) is 11.6. The van der Waals surface area contributed by atoms with Crippen LogP contribution in [0.2, 0.25) is 10.0 Å². The first-order chi connectivity index (χ1) is 10.0. The predicted octanol–water partition coefficient (Wildman–Crippen LogP) is 5.29. The first-order valence-corrected chi connectivity index (χ1v) is 7.49. The molecular weight excluding hydrogens is 305 g/mol. The Balaban J connectivity index is 1.89. The third kappa shape index (κ3) is 2.93. The van der Waals surface area contributed by atoms with Gasteiger partial charge in [0.25, 0.3) is 0 Å². The number of aryl methyl sites for hydroxylation is 1. The fourth-order valence-corrected chi connectivity index (χ4v) is 2.81. The maximum atomic E-state index is 6.25. The SMILES string of the molecule is Cc1ccc2oc(C(N)Cc3cccc(Cl)c3Cl)cc2c1. The summed E-state index contributed by atoms with van der Waals surface area (Å²) in [5, 5.41) is 2.17. The molecule has 1 unspecified atom stereocenters. The highest BCUT2D eigenvalue weighted by molar-refractivity contribution is 6.42. The lowest BCUT2D eigenvalue weighted by Gasteiger charge is -2.10. The zero-order chi connectivity index (χ0) is 15.0. The van der Waals surface area contributed by atoms with Crippen LogP contribution in [0.25, 0.3) is 11.0 Å². The van der Waals surface area contributed by atoms with E-state index in [0.717, 1.165) is 22.3 Å². The van der Waals surface area contributed by atoms with Crippen molar-refractivity contribution in [2.75, 3.05) is 0 Å². The molecule has 108 valence electrons. The first-order valence-electron chi connectivity index (χ1n) is 6.73. The number of nitrogens with two attached hydrogens (primary N) is 1. The van der Waals surface area contributed by atoms with Gasteiger partial charge in [-0.3, -0.25) is 0 Å². The van der Waals surface area contributed by atoms with Gasteiger partial charge < -0.3 is 10.2 Å². The standard InChI is InChI=1S/C17H15Cl2NO/c1-10-5-6-15-12(7-10)9-16(21-15)14(20)8-11-3-2-4-13(18)17(11)19/h2-7,9,14H,8,20H2,1H3. The number of hydrogen-bond donors (Lipinski definition) is 1. The van der Waals surface area contributed by atoms with Gasteiger partial charge in [-0.1, -0.05) is 47.0 Å². The molecule has 0 aliphatic carbocycles. The summed E-state index contributed by atoms with van der Waals surface area (Å²) in [6, 6.07) is 13.4. The molecule has 0 aliphatic rings. The second-order valence-electron chi connectivity index (χ2n) is 5.21. The van der Waals surface area contributed by atoms with E-state index in [0.29, 0.717) is 16.5 Å². The van der Waals surface area contributed by atoms with Crippen molar-refractivity contribution in [3.63, 3.8) is 0 Å². The second kappa shape index (κ2) is 5.72. The van der Waals surface area contributed by atoms with Crippen LogP contribution >= 0.6 is 23.2 Å². The van der Waals surface area contributed by atoms with Crippen LogP contribution < -0.4 is 5.73 Å². The fraction of sp³-hybridized carbons (Fsp3) is 0.176. The van der Waals surface area contributed by atoms with E-state index in [2.05, 4.69) is 13.0 Å². The average Bonchev–Trinajstić information content (AvgIpc) is 2.87. The second-order valence-corrected chi connectivity index (χ2v) is 6.00. The van der Waals surface area contributed by atoms with Crippen molar-refractivity contribution in [2.45, 2.75) is 19.4 Å². The van der Waals surface area contributed by atoms with E-state index >= 15 is 0 Å². The van der Waals surface area contributed by atoms with E-state index in [9.17, 15) is 0 Å². The number of halogens is 2. The van der Waals surface area contributed by atoms with Gasteiger partial charge in [-0.2, -0.15) is 0 Å². The molecule has 3 aromatic rings. The van der Waals surface area contributed by atoms with Crippen molar-refractivity contribution in [3.05, 3.63) is 69.4 Å². The maximum Gasteiger partial charge on any atom is 0.134 e. The summed E-state index contributed by atoms with van der Waals surface area (Å²) in [6.07, 6.45) is 0.582. The van der Waals surface area contributed by atoms with E-state index in [-0.39, 0.29) is 6.04 Å². The minimum atomic E-state index is -0.256. The third-order valence-corrected chi connectivity index (χ3v) is 4.39. The average molecular weight is 320 g/mol. The molecule has 1 heterocycles. The Hall–Kier alpha value is -1.48. The molecule has 2 nitrogen and oxygen atoms in total. The smallest absolute Gasteiger partial charge is 0.134 e. The Labute approximate surface area is 133 Å². The Morgan fingerprint density at radius 1 is 1.14 bits per heavy atom. The predicted molar refractivity (Wildman–Crippen MR) is 88.0 cm³/mol.